The summed E-state index contributed by atoms with van der Waals surface area (Å²) >= 11 is 11.8. The Morgan fingerprint density at radius 1 is 1.33 bits per heavy atom. The van der Waals surface area contributed by atoms with E-state index in [1.165, 1.54) is 4.31 Å². The third-order valence-electron chi connectivity index (χ3n) is 4.36. The summed E-state index contributed by atoms with van der Waals surface area (Å²) in [5.41, 5.74) is 0.636. The number of fused-ring (bicyclic) bond motifs is 1. The van der Waals surface area contributed by atoms with Crippen LogP contribution in [0.5, 0.6) is 0 Å². The lowest BCUT2D eigenvalue weighted by atomic mass is 10.00. The van der Waals surface area contributed by atoms with Gasteiger partial charge in [-0.15, -0.1) is 0 Å². The summed E-state index contributed by atoms with van der Waals surface area (Å²) in [6, 6.07) is 4.92. The zero-order valence-corrected chi connectivity index (χ0v) is 15.7. The average Bonchev–Trinajstić information content (AvgIpc) is 2.98. The molecule has 0 saturated carbocycles. The molecule has 2 heterocycles. The molecule has 24 heavy (non-hydrogen) atoms. The molecule has 0 bridgehead atoms. The number of benzene rings is 1. The fourth-order valence-electron chi connectivity index (χ4n) is 3.01. The number of hydrogen-bond donors (Lipinski definition) is 0. The Bertz CT molecular complexity index is 836. The van der Waals surface area contributed by atoms with Gasteiger partial charge < -0.3 is 4.57 Å². The van der Waals surface area contributed by atoms with Gasteiger partial charge in [0, 0.05) is 39.0 Å². The van der Waals surface area contributed by atoms with Crippen LogP contribution >= 0.6 is 23.2 Å². The monoisotopic (exact) mass is 387 g/mol. The first kappa shape index (κ1) is 17.7. The van der Waals surface area contributed by atoms with E-state index in [1.54, 1.807) is 31.4 Å². The van der Waals surface area contributed by atoms with Crippen LogP contribution in [0.25, 0.3) is 0 Å². The van der Waals surface area contributed by atoms with Crippen LogP contribution < -0.4 is 0 Å². The molecule has 0 fully saturated rings. The summed E-state index contributed by atoms with van der Waals surface area (Å²) in [5.74, 6) is 1.29. The fourth-order valence-corrected chi connectivity index (χ4v) is 4.59. The summed E-state index contributed by atoms with van der Waals surface area (Å²) < 4.78 is 28.7. The fraction of sp³-hybridized carbons (Fsp3) is 0.438. The lowest BCUT2D eigenvalue weighted by Crippen LogP contribution is -2.36. The first-order valence-electron chi connectivity index (χ1n) is 7.73. The maximum Gasteiger partial charge on any atom is 0.218 e. The molecule has 0 spiro atoms. The van der Waals surface area contributed by atoms with Crippen molar-refractivity contribution in [1.29, 1.82) is 0 Å². The largest absolute Gasteiger partial charge is 0.335 e. The molecule has 2 aromatic rings. The number of sulfonamides is 1. The second kappa shape index (κ2) is 7.04. The number of halogens is 2. The molecule has 1 atom stereocenters. The molecule has 1 aromatic carbocycles. The van der Waals surface area contributed by atoms with Gasteiger partial charge in [0.1, 0.15) is 5.82 Å². The van der Waals surface area contributed by atoms with Gasteiger partial charge in [0.2, 0.25) is 10.0 Å². The quantitative estimate of drug-likeness (QED) is 0.791. The Kier molecular flexibility index (Phi) is 5.20. The van der Waals surface area contributed by atoms with Crippen molar-refractivity contribution in [3.8, 4) is 0 Å². The van der Waals surface area contributed by atoms with Gasteiger partial charge in [-0.2, -0.15) is 0 Å². The lowest BCUT2D eigenvalue weighted by molar-refractivity contribution is 0.303. The Morgan fingerprint density at radius 2 is 2.12 bits per heavy atom. The van der Waals surface area contributed by atoms with Gasteiger partial charge in [0.05, 0.1) is 15.8 Å². The third-order valence-corrected chi connectivity index (χ3v) is 6.89. The summed E-state index contributed by atoms with van der Waals surface area (Å²) in [6.45, 7) is 1.31. The van der Waals surface area contributed by atoms with Gasteiger partial charge in [0.25, 0.3) is 0 Å². The Labute approximate surface area is 152 Å². The standard InChI is InChI=1S/C16H19Cl2N3O2S/c1-20(9-13-3-5-16-19-6-7-21(16)10-13)24(22,23)11-12-2-4-14(17)15(18)8-12/h2,4,6-8,13H,3,5,9-11H2,1H3/t13-/m1/s1. The maximum atomic E-state index is 12.6. The van der Waals surface area contributed by atoms with Crippen LogP contribution in [0.4, 0.5) is 0 Å². The molecule has 1 aliphatic heterocycles. The molecule has 8 heteroatoms. The molecule has 0 aliphatic carbocycles. The Hall–Kier alpha value is -1.08. The van der Waals surface area contributed by atoms with E-state index in [2.05, 4.69) is 9.55 Å². The van der Waals surface area contributed by atoms with E-state index < -0.39 is 10.0 Å². The highest BCUT2D eigenvalue weighted by atomic mass is 35.5. The van der Waals surface area contributed by atoms with Crippen molar-refractivity contribution < 1.29 is 8.42 Å². The first-order valence-corrected chi connectivity index (χ1v) is 10.1. The van der Waals surface area contributed by atoms with E-state index in [0.717, 1.165) is 25.2 Å². The average molecular weight is 388 g/mol. The minimum Gasteiger partial charge on any atom is -0.335 e. The van der Waals surface area contributed by atoms with E-state index in [9.17, 15) is 8.42 Å². The topological polar surface area (TPSA) is 55.2 Å². The SMILES string of the molecule is CN(C[C@H]1CCc2nccn2C1)S(=O)(=O)Cc1ccc(Cl)c(Cl)c1. The Balaban J connectivity index is 1.65. The lowest BCUT2D eigenvalue weighted by Gasteiger charge is -2.27. The van der Waals surface area contributed by atoms with Gasteiger partial charge in [-0.3, -0.25) is 0 Å². The maximum absolute atomic E-state index is 12.6. The van der Waals surface area contributed by atoms with Crippen LogP contribution in [0.3, 0.4) is 0 Å². The van der Waals surface area contributed by atoms with Crippen molar-refractivity contribution in [1.82, 2.24) is 13.9 Å². The van der Waals surface area contributed by atoms with Crippen LogP contribution in [0.2, 0.25) is 10.0 Å². The smallest absolute Gasteiger partial charge is 0.218 e. The number of imidazole rings is 1. The van der Waals surface area contributed by atoms with Crippen molar-refractivity contribution in [2.45, 2.75) is 25.1 Å². The van der Waals surface area contributed by atoms with Crippen LogP contribution in [-0.4, -0.2) is 35.9 Å². The zero-order valence-electron chi connectivity index (χ0n) is 13.3. The predicted octanol–water partition coefficient (Wildman–Crippen LogP) is 3.21. The Morgan fingerprint density at radius 3 is 2.88 bits per heavy atom. The molecule has 0 unspecified atom stereocenters. The summed E-state index contributed by atoms with van der Waals surface area (Å²) in [6.07, 6.45) is 5.58. The number of rotatable bonds is 5. The molecule has 0 saturated heterocycles. The van der Waals surface area contributed by atoms with Crippen molar-refractivity contribution >= 4 is 33.2 Å². The van der Waals surface area contributed by atoms with Crippen molar-refractivity contribution in [3.63, 3.8) is 0 Å². The van der Waals surface area contributed by atoms with Gasteiger partial charge in [-0.1, -0.05) is 29.3 Å². The molecule has 5 nitrogen and oxygen atoms in total. The van der Waals surface area contributed by atoms with Gasteiger partial charge >= 0.3 is 0 Å². The van der Waals surface area contributed by atoms with E-state index in [4.69, 9.17) is 23.2 Å². The second-order valence-electron chi connectivity index (χ2n) is 6.19. The molecule has 1 aliphatic rings. The highest BCUT2D eigenvalue weighted by Gasteiger charge is 2.25. The normalized spacial score (nSPS) is 17.9. The van der Waals surface area contributed by atoms with Crippen LogP contribution in [0, 0.1) is 5.92 Å². The number of nitrogens with zero attached hydrogens (tertiary/aromatic N) is 3. The van der Waals surface area contributed by atoms with E-state index >= 15 is 0 Å². The molecular formula is C16H19Cl2N3O2S. The minimum atomic E-state index is -3.40. The number of aromatic nitrogens is 2. The predicted molar refractivity (Wildman–Crippen MR) is 95.8 cm³/mol. The van der Waals surface area contributed by atoms with E-state index in [0.29, 0.717) is 28.1 Å². The van der Waals surface area contributed by atoms with E-state index in [-0.39, 0.29) is 5.75 Å². The molecule has 0 N–H and O–H groups in total. The summed E-state index contributed by atoms with van der Waals surface area (Å²) in [5, 5.41) is 0.788. The van der Waals surface area contributed by atoms with Gasteiger partial charge in [0.15, 0.2) is 0 Å². The molecule has 1 aromatic heterocycles. The van der Waals surface area contributed by atoms with Crippen molar-refractivity contribution in [2.75, 3.05) is 13.6 Å². The van der Waals surface area contributed by atoms with Crippen molar-refractivity contribution in [3.05, 3.63) is 52.0 Å². The highest BCUT2D eigenvalue weighted by molar-refractivity contribution is 7.88. The van der Waals surface area contributed by atoms with Gasteiger partial charge in [-0.05, 0) is 30.0 Å². The van der Waals surface area contributed by atoms with Crippen molar-refractivity contribution in [2.24, 2.45) is 5.92 Å². The number of aryl methyl sites for hydroxylation is 1. The van der Waals surface area contributed by atoms with Crippen LogP contribution in [-0.2, 0) is 28.7 Å². The van der Waals surface area contributed by atoms with E-state index in [1.807, 2.05) is 6.20 Å². The molecule has 0 radical (unpaired) electrons. The van der Waals surface area contributed by atoms with Crippen LogP contribution in [0.15, 0.2) is 30.6 Å². The molecule has 130 valence electrons. The van der Waals surface area contributed by atoms with Gasteiger partial charge in [-0.25, -0.2) is 17.7 Å². The first-order chi connectivity index (χ1) is 11.3. The minimum absolute atomic E-state index is 0.0799. The zero-order chi connectivity index (χ0) is 17.3. The summed E-state index contributed by atoms with van der Waals surface area (Å²) in [7, 11) is -1.76. The summed E-state index contributed by atoms with van der Waals surface area (Å²) in [4.78, 5) is 4.30. The third kappa shape index (κ3) is 3.94. The molecule has 3 rings (SSSR count). The van der Waals surface area contributed by atoms with Crippen LogP contribution in [0.1, 0.15) is 17.8 Å². The molecule has 0 amide bonds. The second-order valence-corrected chi connectivity index (χ2v) is 9.08. The molecular weight excluding hydrogens is 369 g/mol. The highest BCUT2D eigenvalue weighted by Crippen LogP contribution is 2.25. The number of hydrogen-bond acceptors (Lipinski definition) is 3.